The number of primary amides is 1. The summed E-state index contributed by atoms with van der Waals surface area (Å²) in [7, 11) is 0. The van der Waals surface area contributed by atoms with Gasteiger partial charge in [-0.15, -0.1) is 0 Å². The Bertz CT molecular complexity index is 234. The van der Waals surface area contributed by atoms with Crippen molar-refractivity contribution in [3.05, 3.63) is 11.8 Å². The number of hydrogen-bond acceptors (Lipinski definition) is 3. The summed E-state index contributed by atoms with van der Waals surface area (Å²) in [6, 6.07) is 0. The van der Waals surface area contributed by atoms with E-state index in [1.165, 1.54) is 6.08 Å². The van der Waals surface area contributed by atoms with Crippen molar-refractivity contribution in [1.29, 1.82) is 0 Å². The lowest BCUT2D eigenvalue weighted by molar-refractivity contribution is -0.132. The van der Waals surface area contributed by atoms with Gasteiger partial charge < -0.3 is 15.7 Å². The molecule has 0 bridgehead atoms. The Balaban J connectivity index is 2.54. The average molecular weight is 156 g/mol. The summed E-state index contributed by atoms with van der Waals surface area (Å²) >= 11 is 0. The first-order chi connectivity index (χ1) is 5.11. The Morgan fingerprint density at radius 3 is 2.82 bits per heavy atom. The van der Waals surface area contributed by atoms with E-state index < -0.39 is 11.8 Å². The fourth-order valence-electron chi connectivity index (χ4n) is 0.853. The monoisotopic (exact) mass is 156 g/mol. The third-order valence-electron chi connectivity index (χ3n) is 1.36. The Hall–Kier alpha value is -1.52. The molecule has 1 aliphatic heterocycles. The van der Waals surface area contributed by atoms with Gasteiger partial charge in [-0.25, -0.2) is 0 Å². The van der Waals surface area contributed by atoms with Gasteiger partial charge in [-0.3, -0.25) is 9.59 Å². The second-order valence-corrected chi connectivity index (χ2v) is 2.24. The molecule has 0 aromatic heterocycles. The highest BCUT2D eigenvalue weighted by molar-refractivity contribution is 5.95. The van der Waals surface area contributed by atoms with Crippen molar-refractivity contribution >= 4 is 11.8 Å². The van der Waals surface area contributed by atoms with E-state index in [2.05, 4.69) is 0 Å². The number of aliphatic hydroxyl groups is 1. The summed E-state index contributed by atoms with van der Waals surface area (Å²) in [4.78, 5) is 22.3. The largest absolute Gasteiger partial charge is 0.503 e. The maximum Gasteiger partial charge on any atom is 0.289 e. The molecule has 0 unspecified atom stereocenters. The van der Waals surface area contributed by atoms with Crippen molar-refractivity contribution in [2.45, 2.75) is 0 Å². The first-order valence-electron chi connectivity index (χ1n) is 3.08. The molecule has 0 fully saturated rings. The van der Waals surface area contributed by atoms with Gasteiger partial charge in [0.2, 0.25) is 5.91 Å². The molecule has 2 amide bonds. The van der Waals surface area contributed by atoms with Crippen molar-refractivity contribution in [2.75, 3.05) is 13.1 Å². The van der Waals surface area contributed by atoms with Crippen molar-refractivity contribution < 1.29 is 14.7 Å². The van der Waals surface area contributed by atoms with Crippen molar-refractivity contribution in [2.24, 2.45) is 5.73 Å². The quantitative estimate of drug-likeness (QED) is 0.524. The maximum atomic E-state index is 10.8. The predicted octanol–water partition coefficient (Wildman–Crippen LogP) is -1.24. The smallest absolute Gasteiger partial charge is 0.289 e. The summed E-state index contributed by atoms with van der Waals surface area (Å²) in [6.07, 6.45) is 1.34. The van der Waals surface area contributed by atoms with Gasteiger partial charge in [0.1, 0.15) is 6.54 Å². The second kappa shape index (κ2) is 2.61. The molecule has 3 N–H and O–H groups in total. The summed E-state index contributed by atoms with van der Waals surface area (Å²) in [6.45, 7) is 0.118. The first kappa shape index (κ1) is 7.59. The molecule has 0 saturated carbocycles. The summed E-state index contributed by atoms with van der Waals surface area (Å²) in [5.74, 6) is -1.43. The molecule has 0 saturated heterocycles. The molecular formula is C6H8N2O3. The van der Waals surface area contributed by atoms with Crippen LogP contribution in [0.15, 0.2) is 11.8 Å². The van der Waals surface area contributed by atoms with E-state index >= 15 is 0 Å². The van der Waals surface area contributed by atoms with Gasteiger partial charge in [0.25, 0.3) is 5.91 Å². The number of carbonyl (C=O) groups is 2. The molecular weight excluding hydrogens is 148 g/mol. The number of amides is 2. The molecule has 1 aliphatic rings. The van der Waals surface area contributed by atoms with E-state index in [9.17, 15) is 9.59 Å². The zero-order valence-electron chi connectivity index (χ0n) is 5.78. The van der Waals surface area contributed by atoms with Crippen molar-refractivity contribution in [1.82, 2.24) is 4.90 Å². The highest BCUT2D eigenvalue weighted by Gasteiger charge is 2.23. The zero-order chi connectivity index (χ0) is 8.43. The zero-order valence-corrected chi connectivity index (χ0v) is 5.78. The lowest BCUT2D eigenvalue weighted by Crippen LogP contribution is -2.35. The Morgan fingerprint density at radius 1 is 1.82 bits per heavy atom. The standard InChI is InChI=1S/C6H8N2O3/c7-5(10)3-8-2-1-4(9)6(8)11/h1,9H,2-3H2,(H2,7,10). The molecule has 1 heterocycles. The highest BCUT2D eigenvalue weighted by atomic mass is 16.3. The van der Waals surface area contributed by atoms with Crippen LogP contribution in [0.2, 0.25) is 0 Å². The van der Waals surface area contributed by atoms with Crippen LogP contribution in [0, 0.1) is 0 Å². The number of nitrogens with two attached hydrogens (primary N) is 1. The Kier molecular flexibility index (Phi) is 1.80. The Labute approximate surface area is 63.1 Å². The lowest BCUT2D eigenvalue weighted by atomic mass is 10.5. The van der Waals surface area contributed by atoms with Gasteiger partial charge in [0.05, 0.1) is 0 Å². The molecule has 5 heteroatoms. The SMILES string of the molecule is NC(=O)CN1CC=C(O)C1=O. The van der Waals surface area contributed by atoms with Gasteiger partial charge in [0, 0.05) is 6.54 Å². The van der Waals surface area contributed by atoms with Crippen LogP contribution >= 0.6 is 0 Å². The summed E-state index contributed by atoms with van der Waals surface area (Å²) < 4.78 is 0. The van der Waals surface area contributed by atoms with E-state index in [1.54, 1.807) is 0 Å². The van der Waals surface area contributed by atoms with Crippen molar-refractivity contribution in [3.63, 3.8) is 0 Å². The number of aliphatic hydroxyl groups excluding tert-OH is 1. The molecule has 0 aromatic rings. The molecule has 5 nitrogen and oxygen atoms in total. The van der Waals surface area contributed by atoms with Gasteiger partial charge in [0.15, 0.2) is 5.76 Å². The topological polar surface area (TPSA) is 83.6 Å². The minimum Gasteiger partial charge on any atom is -0.503 e. The van der Waals surface area contributed by atoms with E-state index in [1.807, 2.05) is 0 Å². The maximum absolute atomic E-state index is 10.8. The van der Waals surface area contributed by atoms with Crippen LogP contribution in [0.25, 0.3) is 0 Å². The fraction of sp³-hybridized carbons (Fsp3) is 0.333. The molecule has 0 aromatic carbocycles. The van der Waals surface area contributed by atoms with Crippen LogP contribution < -0.4 is 5.73 Å². The van der Waals surface area contributed by atoms with Crippen LogP contribution in [0.3, 0.4) is 0 Å². The van der Waals surface area contributed by atoms with E-state index in [0.29, 0.717) is 0 Å². The van der Waals surface area contributed by atoms with E-state index in [4.69, 9.17) is 10.8 Å². The molecule has 1 rings (SSSR count). The lowest BCUT2D eigenvalue weighted by Gasteiger charge is -2.11. The van der Waals surface area contributed by atoms with Gasteiger partial charge in [-0.05, 0) is 6.08 Å². The predicted molar refractivity (Wildman–Crippen MR) is 36.5 cm³/mol. The molecule has 11 heavy (non-hydrogen) atoms. The highest BCUT2D eigenvalue weighted by Crippen LogP contribution is 2.06. The van der Waals surface area contributed by atoms with Crippen LogP contribution in [0.4, 0.5) is 0 Å². The minimum atomic E-state index is -0.582. The molecule has 0 spiro atoms. The van der Waals surface area contributed by atoms with Gasteiger partial charge in [-0.1, -0.05) is 0 Å². The number of hydrogen-bond donors (Lipinski definition) is 2. The summed E-state index contributed by atoms with van der Waals surface area (Å²) in [5.41, 5.74) is 4.84. The minimum absolute atomic E-state index is 0.139. The Morgan fingerprint density at radius 2 is 2.45 bits per heavy atom. The third-order valence-corrected chi connectivity index (χ3v) is 1.36. The second-order valence-electron chi connectivity index (χ2n) is 2.24. The van der Waals surface area contributed by atoms with Crippen LogP contribution in [-0.4, -0.2) is 34.9 Å². The molecule has 0 radical (unpaired) electrons. The fourth-order valence-corrected chi connectivity index (χ4v) is 0.853. The number of nitrogens with zero attached hydrogens (tertiary/aromatic N) is 1. The molecule has 0 aliphatic carbocycles. The van der Waals surface area contributed by atoms with Crippen LogP contribution in [0.1, 0.15) is 0 Å². The van der Waals surface area contributed by atoms with E-state index in [-0.39, 0.29) is 18.8 Å². The van der Waals surface area contributed by atoms with Gasteiger partial charge >= 0.3 is 0 Å². The van der Waals surface area contributed by atoms with Gasteiger partial charge in [-0.2, -0.15) is 0 Å². The molecule has 0 atom stereocenters. The van der Waals surface area contributed by atoms with Crippen LogP contribution in [0.5, 0.6) is 0 Å². The first-order valence-corrected chi connectivity index (χ1v) is 3.08. The van der Waals surface area contributed by atoms with E-state index in [0.717, 1.165) is 4.90 Å². The molecule has 60 valence electrons. The van der Waals surface area contributed by atoms with Crippen LogP contribution in [-0.2, 0) is 9.59 Å². The normalized spacial score (nSPS) is 16.9. The summed E-state index contributed by atoms with van der Waals surface area (Å²) in [5, 5.41) is 8.80. The third kappa shape index (κ3) is 1.49. The average Bonchev–Trinajstić information content (AvgIpc) is 2.18. The number of carbonyl (C=O) groups excluding carboxylic acids is 2. The van der Waals surface area contributed by atoms with Crippen molar-refractivity contribution in [3.8, 4) is 0 Å². The number of rotatable bonds is 2.